The third-order valence-corrected chi connectivity index (χ3v) is 7.48. The number of rotatable bonds is 10. The van der Waals surface area contributed by atoms with E-state index in [-0.39, 0.29) is 35.1 Å². The second kappa shape index (κ2) is 12.5. The predicted molar refractivity (Wildman–Crippen MR) is 163 cm³/mol. The van der Waals surface area contributed by atoms with E-state index in [1.54, 1.807) is 24.4 Å². The third-order valence-electron chi connectivity index (χ3n) is 7.48. The first-order valence-corrected chi connectivity index (χ1v) is 14.2. The van der Waals surface area contributed by atoms with Gasteiger partial charge in [-0.3, -0.25) is 9.79 Å². The summed E-state index contributed by atoms with van der Waals surface area (Å²) in [5, 5.41) is 13.8. The van der Waals surface area contributed by atoms with Crippen molar-refractivity contribution in [1.29, 1.82) is 0 Å². The number of carbonyl (C=O) groups is 1. The lowest BCUT2D eigenvalue weighted by Gasteiger charge is -2.25. The molecule has 1 aliphatic rings. The number of halogens is 3. The van der Waals surface area contributed by atoms with E-state index in [2.05, 4.69) is 15.3 Å². The number of hydrogen-bond acceptors (Lipinski definition) is 6. The monoisotopic (exact) mass is 602 g/mol. The van der Waals surface area contributed by atoms with Crippen LogP contribution in [0, 0.1) is 17.5 Å². The summed E-state index contributed by atoms with van der Waals surface area (Å²) in [4.78, 5) is 22.4. The molecule has 0 bridgehead atoms. The number of nitrogen functional groups attached to an aromatic ring is 1. The molecule has 10 heteroatoms. The van der Waals surface area contributed by atoms with Gasteiger partial charge in [0.05, 0.1) is 30.1 Å². The number of hydrogen-bond donors (Lipinski definition) is 3. The van der Waals surface area contributed by atoms with Gasteiger partial charge in [0.1, 0.15) is 23.1 Å². The van der Waals surface area contributed by atoms with Crippen molar-refractivity contribution in [2.75, 3.05) is 19.4 Å². The summed E-state index contributed by atoms with van der Waals surface area (Å²) in [7, 11) is 1.46. The lowest BCUT2D eigenvalue weighted by Crippen LogP contribution is -2.30. The number of pyridine rings is 1. The molecule has 1 unspecified atom stereocenters. The molecular formula is C34H33F3N4O3. The highest BCUT2D eigenvalue weighted by molar-refractivity contribution is 5.99. The maximum Gasteiger partial charge on any atom is 0.251 e. The van der Waals surface area contributed by atoms with Gasteiger partial charge in [-0.05, 0) is 62.6 Å². The van der Waals surface area contributed by atoms with E-state index in [0.29, 0.717) is 28.6 Å². The fourth-order valence-corrected chi connectivity index (χ4v) is 4.87. The number of nitrogens with two attached hydrogens (primary N) is 1. The van der Waals surface area contributed by atoms with Crippen molar-refractivity contribution in [2.24, 2.45) is 4.99 Å². The second-order valence-corrected chi connectivity index (χ2v) is 11.3. The Bertz CT molecular complexity index is 1720. The quantitative estimate of drug-likeness (QED) is 0.150. The van der Waals surface area contributed by atoms with Crippen molar-refractivity contribution in [3.05, 3.63) is 112 Å². The van der Waals surface area contributed by atoms with Gasteiger partial charge in [0.25, 0.3) is 5.91 Å². The van der Waals surface area contributed by atoms with Gasteiger partial charge < -0.3 is 20.9 Å². The topological polar surface area (TPSA) is 110 Å². The summed E-state index contributed by atoms with van der Waals surface area (Å²) >= 11 is 0. The molecule has 4 N–H and O–H groups in total. The van der Waals surface area contributed by atoms with Gasteiger partial charge in [-0.1, -0.05) is 30.3 Å². The molecule has 0 spiro atoms. The van der Waals surface area contributed by atoms with E-state index in [1.807, 2.05) is 18.2 Å². The van der Waals surface area contributed by atoms with Crippen molar-refractivity contribution in [1.82, 2.24) is 10.3 Å². The molecule has 228 valence electrons. The van der Waals surface area contributed by atoms with Gasteiger partial charge >= 0.3 is 0 Å². The van der Waals surface area contributed by atoms with Crippen LogP contribution in [-0.2, 0) is 5.60 Å². The third kappa shape index (κ3) is 6.75. The summed E-state index contributed by atoms with van der Waals surface area (Å²) in [6.45, 7) is 2.81. The van der Waals surface area contributed by atoms with Gasteiger partial charge in [-0.15, -0.1) is 0 Å². The van der Waals surface area contributed by atoms with Crippen LogP contribution in [0.2, 0.25) is 0 Å². The Balaban J connectivity index is 1.55. The largest absolute Gasteiger partial charge is 0.495 e. The molecule has 1 aliphatic carbocycles. The molecule has 1 heterocycles. The minimum absolute atomic E-state index is 0.0102. The number of aromatic nitrogens is 1. The average Bonchev–Trinajstić information content (AvgIpc) is 3.82. The lowest BCUT2D eigenvalue weighted by molar-refractivity contribution is 0.0743. The second-order valence-electron chi connectivity index (χ2n) is 11.3. The molecule has 1 atom stereocenters. The molecular weight excluding hydrogens is 569 g/mol. The Labute approximate surface area is 253 Å². The first kappa shape index (κ1) is 30.7. The number of aliphatic hydroxyl groups is 1. The molecule has 0 aliphatic heterocycles. The maximum absolute atomic E-state index is 15.8. The number of carbonyl (C=O) groups excluding carboxylic acids is 1. The zero-order valence-electron chi connectivity index (χ0n) is 24.6. The fraction of sp³-hybridized carbons (Fsp3) is 0.265. The molecule has 5 rings (SSSR count). The highest BCUT2D eigenvalue weighted by Gasteiger charge is 2.29. The Morgan fingerprint density at radius 3 is 2.50 bits per heavy atom. The first-order chi connectivity index (χ1) is 21.0. The van der Waals surface area contributed by atoms with Crippen LogP contribution in [0.25, 0.3) is 11.3 Å². The Hall–Kier alpha value is -4.70. The van der Waals surface area contributed by atoms with Crippen molar-refractivity contribution < 1.29 is 27.8 Å². The summed E-state index contributed by atoms with van der Waals surface area (Å²) < 4.78 is 49.8. The zero-order valence-corrected chi connectivity index (χ0v) is 24.6. The highest BCUT2D eigenvalue weighted by atomic mass is 19.1. The summed E-state index contributed by atoms with van der Waals surface area (Å²) in [6, 6.07) is 16.7. The van der Waals surface area contributed by atoms with E-state index in [4.69, 9.17) is 10.5 Å². The van der Waals surface area contributed by atoms with Crippen LogP contribution in [-0.4, -0.2) is 41.9 Å². The number of benzene rings is 3. The van der Waals surface area contributed by atoms with Crippen molar-refractivity contribution in [3.8, 4) is 17.0 Å². The van der Waals surface area contributed by atoms with Gasteiger partial charge in [0.2, 0.25) is 0 Å². The van der Waals surface area contributed by atoms with E-state index in [9.17, 15) is 18.7 Å². The molecule has 1 aromatic heterocycles. The van der Waals surface area contributed by atoms with E-state index >= 15 is 4.39 Å². The molecule has 1 saturated carbocycles. The van der Waals surface area contributed by atoms with Crippen LogP contribution >= 0.6 is 0 Å². The van der Waals surface area contributed by atoms with Crippen LogP contribution in [0.4, 0.5) is 18.9 Å². The van der Waals surface area contributed by atoms with Gasteiger partial charge in [-0.25, -0.2) is 18.2 Å². The highest BCUT2D eigenvalue weighted by Crippen LogP contribution is 2.35. The SMILES string of the molecule is COc1cc(C(=O)NCC(c2ccccc2)c2cc(C(C)(C)O)c(F)c(-c3ccc(F)cc3F)n2)cc(C=NC2CC2)c1N. The Kier molecular flexibility index (Phi) is 8.73. The average molecular weight is 603 g/mol. The van der Waals surface area contributed by atoms with Crippen molar-refractivity contribution >= 4 is 17.8 Å². The van der Waals surface area contributed by atoms with Crippen LogP contribution in [0.1, 0.15) is 65.3 Å². The maximum atomic E-state index is 15.8. The molecule has 7 nitrogen and oxygen atoms in total. The molecule has 44 heavy (non-hydrogen) atoms. The van der Waals surface area contributed by atoms with Crippen LogP contribution < -0.4 is 15.8 Å². The molecule has 1 amide bonds. The Morgan fingerprint density at radius 2 is 1.86 bits per heavy atom. The van der Waals surface area contributed by atoms with E-state index in [1.165, 1.54) is 33.1 Å². The molecule has 3 aromatic carbocycles. The first-order valence-electron chi connectivity index (χ1n) is 14.2. The number of anilines is 1. The zero-order chi connectivity index (χ0) is 31.6. The number of amides is 1. The molecule has 0 saturated heterocycles. The number of ether oxygens (including phenoxy) is 1. The summed E-state index contributed by atoms with van der Waals surface area (Å²) in [5.41, 5.74) is 5.99. The standard InChI is InChI=1S/C34H33F3N4O3/c1-34(2,43)26-16-28(41-32(30(26)37)24-12-9-22(35)15-27(24)36)25(19-7-5-4-6-8-19)18-40-33(42)20-13-21(17-39-23-10-11-23)31(38)29(14-20)44-3/h4-9,12-17,23,25,43H,10-11,18,38H2,1-3H3,(H,40,42). The number of aliphatic imine (C=N–C) groups is 1. The fourth-order valence-electron chi connectivity index (χ4n) is 4.87. The number of methoxy groups -OCH3 is 1. The van der Waals surface area contributed by atoms with E-state index < -0.39 is 34.9 Å². The molecule has 4 aromatic rings. The summed E-state index contributed by atoms with van der Waals surface area (Å²) in [6.07, 6.45) is 3.67. The van der Waals surface area contributed by atoms with Crippen LogP contribution in [0.15, 0.2) is 71.7 Å². The van der Waals surface area contributed by atoms with Crippen molar-refractivity contribution in [2.45, 2.75) is 44.2 Å². The lowest BCUT2D eigenvalue weighted by atomic mass is 9.89. The Morgan fingerprint density at radius 1 is 1.14 bits per heavy atom. The van der Waals surface area contributed by atoms with Crippen LogP contribution in [0.5, 0.6) is 5.75 Å². The summed E-state index contributed by atoms with van der Waals surface area (Å²) in [5.74, 6) is -3.50. The minimum atomic E-state index is -1.67. The van der Waals surface area contributed by atoms with Crippen molar-refractivity contribution in [3.63, 3.8) is 0 Å². The van der Waals surface area contributed by atoms with Crippen LogP contribution in [0.3, 0.4) is 0 Å². The molecule has 1 fully saturated rings. The van der Waals surface area contributed by atoms with Gasteiger partial charge in [0.15, 0.2) is 5.82 Å². The number of nitrogens with one attached hydrogen (secondary N) is 1. The smallest absolute Gasteiger partial charge is 0.251 e. The normalized spacial score (nSPS) is 14.1. The van der Waals surface area contributed by atoms with Gasteiger partial charge in [0, 0.05) is 47.0 Å². The van der Waals surface area contributed by atoms with E-state index in [0.717, 1.165) is 30.5 Å². The number of nitrogens with zero attached hydrogens (tertiary/aromatic N) is 2. The molecule has 0 radical (unpaired) electrons. The predicted octanol–water partition coefficient (Wildman–Crippen LogP) is 6.13. The van der Waals surface area contributed by atoms with Gasteiger partial charge in [-0.2, -0.15) is 0 Å². The minimum Gasteiger partial charge on any atom is -0.495 e.